The van der Waals surface area contributed by atoms with Crippen LogP contribution in [0.5, 0.6) is 0 Å². The molecule has 0 aliphatic carbocycles. The molecule has 168 valence electrons. The number of aromatic nitrogens is 2. The summed E-state index contributed by atoms with van der Waals surface area (Å²) >= 11 is 1.46. The van der Waals surface area contributed by atoms with Crippen molar-refractivity contribution in [1.29, 1.82) is 0 Å². The van der Waals surface area contributed by atoms with Crippen LogP contribution in [0.1, 0.15) is 5.69 Å². The zero-order valence-electron chi connectivity index (χ0n) is 17.8. The van der Waals surface area contributed by atoms with Crippen molar-refractivity contribution in [3.63, 3.8) is 0 Å². The molecule has 5 rings (SSSR count). The Hall–Kier alpha value is -3.14. The smallest absolute Gasteiger partial charge is 0.243 e. The Morgan fingerprint density at radius 2 is 1.70 bits per heavy atom. The van der Waals surface area contributed by atoms with Crippen LogP contribution in [0.4, 0.5) is 0 Å². The van der Waals surface area contributed by atoms with E-state index in [0.717, 1.165) is 21.5 Å². The number of rotatable bonds is 5. The lowest BCUT2D eigenvalue weighted by Gasteiger charge is -2.34. The van der Waals surface area contributed by atoms with E-state index in [-0.39, 0.29) is 30.3 Å². The van der Waals surface area contributed by atoms with Crippen LogP contribution in [0.25, 0.3) is 21.5 Å². The summed E-state index contributed by atoms with van der Waals surface area (Å²) < 4.78 is 27.7. The number of piperazine rings is 1. The van der Waals surface area contributed by atoms with Gasteiger partial charge < -0.3 is 4.90 Å². The largest absolute Gasteiger partial charge is 0.340 e. The maximum atomic E-state index is 13.1. The van der Waals surface area contributed by atoms with Gasteiger partial charge in [0.05, 0.1) is 22.7 Å². The summed E-state index contributed by atoms with van der Waals surface area (Å²) in [5, 5.41) is 4.55. The maximum absolute atomic E-state index is 13.1. The first-order valence-electron chi connectivity index (χ1n) is 10.6. The lowest BCUT2D eigenvalue weighted by Crippen LogP contribution is -2.50. The highest BCUT2D eigenvalue weighted by molar-refractivity contribution is 7.89. The maximum Gasteiger partial charge on any atom is 0.243 e. The fourth-order valence-corrected chi connectivity index (χ4v) is 6.17. The predicted molar refractivity (Wildman–Crippen MR) is 128 cm³/mol. The first kappa shape index (κ1) is 21.7. The number of benzene rings is 2. The number of hydrogen-bond donors (Lipinski definition) is 0. The predicted octanol–water partition coefficient (Wildman–Crippen LogP) is 3.43. The molecule has 0 saturated carbocycles. The van der Waals surface area contributed by atoms with Crippen LogP contribution < -0.4 is 0 Å². The van der Waals surface area contributed by atoms with Crippen LogP contribution in [0.2, 0.25) is 0 Å². The zero-order chi connectivity index (χ0) is 22.8. The molecule has 9 heteroatoms. The lowest BCUT2D eigenvalue weighted by atomic mass is 10.1. The van der Waals surface area contributed by atoms with Gasteiger partial charge in [-0.3, -0.25) is 9.78 Å². The molecule has 0 spiro atoms. The Balaban J connectivity index is 1.22. The summed E-state index contributed by atoms with van der Waals surface area (Å²) in [6, 6.07) is 18.5. The van der Waals surface area contributed by atoms with Gasteiger partial charge >= 0.3 is 0 Å². The highest BCUT2D eigenvalue weighted by Crippen LogP contribution is 2.24. The third-order valence-electron chi connectivity index (χ3n) is 5.72. The summed E-state index contributed by atoms with van der Waals surface area (Å²) in [6.45, 7) is 1.28. The van der Waals surface area contributed by atoms with Crippen LogP contribution in [0, 0.1) is 0 Å². The molecule has 1 amide bonds. The number of sulfonamides is 1. The molecule has 0 radical (unpaired) electrons. The molecule has 1 fully saturated rings. The summed E-state index contributed by atoms with van der Waals surface area (Å²) in [5.74, 6) is -0.0457. The molecule has 1 aliphatic rings. The second-order valence-corrected chi connectivity index (χ2v) is 10.6. The van der Waals surface area contributed by atoms with Crippen molar-refractivity contribution in [3.8, 4) is 10.7 Å². The molecule has 2 aromatic heterocycles. The van der Waals surface area contributed by atoms with Crippen molar-refractivity contribution in [3.05, 3.63) is 77.9 Å². The quantitative estimate of drug-likeness (QED) is 0.439. The van der Waals surface area contributed by atoms with Crippen molar-refractivity contribution >= 4 is 38.0 Å². The van der Waals surface area contributed by atoms with E-state index in [2.05, 4.69) is 9.97 Å². The van der Waals surface area contributed by atoms with E-state index in [1.54, 1.807) is 23.2 Å². The van der Waals surface area contributed by atoms with Gasteiger partial charge in [0, 0.05) is 37.8 Å². The van der Waals surface area contributed by atoms with Crippen LogP contribution in [-0.2, 0) is 21.2 Å². The van der Waals surface area contributed by atoms with Gasteiger partial charge in [-0.25, -0.2) is 13.4 Å². The number of amides is 1. The second kappa shape index (κ2) is 9.01. The number of hydrogen-bond acceptors (Lipinski definition) is 6. The van der Waals surface area contributed by atoms with Crippen LogP contribution >= 0.6 is 11.3 Å². The molecule has 0 N–H and O–H groups in total. The van der Waals surface area contributed by atoms with Crippen LogP contribution in [-0.4, -0.2) is 59.7 Å². The van der Waals surface area contributed by atoms with Crippen molar-refractivity contribution in [2.75, 3.05) is 26.2 Å². The number of fused-ring (bicyclic) bond motifs is 1. The molecule has 33 heavy (non-hydrogen) atoms. The summed E-state index contributed by atoms with van der Waals surface area (Å²) in [5.41, 5.74) is 1.49. The van der Waals surface area contributed by atoms with Gasteiger partial charge in [0.1, 0.15) is 5.01 Å². The molecule has 0 atom stereocenters. The van der Waals surface area contributed by atoms with Crippen molar-refractivity contribution < 1.29 is 13.2 Å². The number of carbonyl (C=O) groups excluding carboxylic acids is 1. The fourth-order valence-electron chi connectivity index (χ4n) is 3.92. The van der Waals surface area contributed by atoms with Crippen molar-refractivity contribution in [1.82, 2.24) is 19.2 Å². The Morgan fingerprint density at radius 3 is 2.45 bits per heavy atom. The molecule has 0 unspecified atom stereocenters. The summed E-state index contributed by atoms with van der Waals surface area (Å²) in [4.78, 5) is 23.6. The van der Waals surface area contributed by atoms with E-state index >= 15 is 0 Å². The monoisotopic (exact) mass is 478 g/mol. The SMILES string of the molecule is O=C(Cc1csc(-c2ccccn2)n1)N1CCN(S(=O)(=O)c2ccc3ccccc3c2)CC1. The Morgan fingerprint density at radius 1 is 0.939 bits per heavy atom. The number of pyridine rings is 1. The lowest BCUT2D eigenvalue weighted by molar-refractivity contribution is -0.131. The van der Waals surface area contributed by atoms with E-state index in [1.807, 2.05) is 53.9 Å². The van der Waals surface area contributed by atoms with E-state index in [4.69, 9.17) is 0 Å². The summed E-state index contributed by atoms with van der Waals surface area (Å²) in [7, 11) is -3.61. The molecule has 1 aliphatic heterocycles. The first-order valence-corrected chi connectivity index (χ1v) is 13.0. The highest BCUT2D eigenvalue weighted by atomic mass is 32.2. The van der Waals surface area contributed by atoms with E-state index in [0.29, 0.717) is 18.8 Å². The Labute approximate surface area is 196 Å². The average molecular weight is 479 g/mol. The van der Waals surface area contributed by atoms with Crippen molar-refractivity contribution in [2.24, 2.45) is 0 Å². The first-order chi connectivity index (χ1) is 16.0. The molecular formula is C24H22N4O3S2. The Bertz CT molecular complexity index is 1400. The summed E-state index contributed by atoms with van der Waals surface area (Å²) in [6.07, 6.45) is 1.91. The van der Waals surface area contributed by atoms with Crippen molar-refractivity contribution in [2.45, 2.75) is 11.3 Å². The minimum Gasteiger partial charge on any atom is -0.340 e. The fraction of sp³-hybridized carbons (Fsp3) is 0.208. The Kier molecular flexibility index (Phi) is 5.92. The van der Waals surface area contributed by atoms with E-state index in [1.165, 1.54) is 15.6 Å². The van der Waals surface area contributed by atoms with Gasteiger partial charge in [-0.05, 0) is 35.0 Å². The van der Waals surface area contributed by atoms with E-state index < -0.39 is 10.0 Å². The molecular weight excluding hydrogens is 456 g/mol. The molecule has 0 bridgehead atoms. The van der Waals surface area contributed by atoms with Gasteiger partial charge in [0.25, 0.3) is 0 Å². The van der Waals surface area contributed by atoms with Gasteiger partial charge in [0.15, 0.2) is 0 Å². The molecule has 4 aromatic rings. The molecule has 7 nitrogen and oxygen atoms in total. The van der Waals surface area contributed by atoms with E-state index in [9.17, 15) is 13.2 Å². The molecule has 3 heterocycles. The third-order valence-corrected chi connectivity index (χ3v) is 8.53. The number of thiazole rings is 1. The average Bonchev–Trinajstić information content (AvgIpc) is 3.33. The van der Waals surface area contributed by atoms with Gasteiger partial charge in [-0.1, -0.05) is 36.4 Å². The minimum absolute atomic E-state index is 0.0457. The highest BCUT2D eigenvalue weighted by Gasteiger charge is 2.30. The zero-order valence-corrected chi connectivity index (χ0v) is 19.4. The van der Waals surface area contributed by atoms with Crippen LogP contribution in [0.3, 0.4) is 0 Å². The second-order valence-electron chi connectivity index (χ2n) is 7.83. The topological polar surface area (TPSA) is 83.5 Å². The normalized spacial score (nSPS) is 15.1. The molecule has 2 aromatic carbocycles. The van der Waals surface area contributed by atoms with Gasteiger partial charge in [-0.15, -0.1) is 11.3 Å². The van der Waals surface area contributed by atoms with Gasteiger partial charge in [-0.2, -0.15) is 4.31 Å². The number of nitrogens with zero attached hydrogens (tertiary/aromatic N) is 4. The van der Waals surface area contributed by atoms with Gasteiger partial charge in [0.2, 0.25) is 15.9 Å². The molecule has 1 saturated heterocycles. The van der Waals surface area contributed by atoms with Crippen LogP contribution in [0.15, 0.2) is 77.1 Å². The third kappa shape index (κ3) is 4.52. The standard InChI is InChI=1S/C24H22N4O3S2/c29-23(16-20-17-32-24(26-20)22-7-3-4-10-25-22)27-11-13-28(14-12-27)33(30,31)21-9-8-18-5-1-2-6-19(18)15-21/h1-10,15,17H,11-14,16H2. The number of carbonyl (C=O) groups is 1. The minimum atomic E-state index is -3.61.